The van der Waals surface area contributed by atoms with Crippen molar-refractivity contribution in [3.63, 3.8) is 0 Å². The predicted molar refractivity (Wildman–Crippen MR) is 149 cm³/mol. The van der Waals surface area contributed by atoms with Gasteiger partial charge in [-0.15, -0.1) is 5.10 Å². The van der Waals surface area contributed by atoms with Crippen LogP contribution in [0.15, 0.2) is 64.8 Å². The van der Waals surface area contributed by atoms with Crippen LogP contribution in [0.3, 0.4) is 0 Å². The number of nitrogens with zero attached hydrogens (tertiary/aromatic N) is 6. The molecule has 5 heterocycles. The summed E-state index contributed by atoms with van der Waals surface area (Å²) < 4.78 is 18.7. The predicted octanol–water partition coefficient (Wildman–Crippen LogP) is 5.23. The number of allylic oxidation sites excluding steroid dienone is 5. The zero-order valence-corrected chi connectivity index (χ0v) is 22.1. The summed E-state index contributed by atoms with van der Waals surface area (Å²) in [7, 11) is 0. The van der Waals surface area contributed by atoms with E-state index in [1.165, 1.54) is 0 Å². The van der Waals surface area contributed by atoms with Crippen molar-refractivity contribution in [2.45, 2.75) is 44.1 Å². The first-order chi connectivity index (χ1) is 19.4. The Morgan fingerprint density at radius 2 is 2.00 bits per heavy atom. The molecule has 0 radical (unpaired) electrons. The molecule has 200 valence electrons. The van der Waals surface area contributed by atoms with Gasteiger partial charge >= 0.3 is 0 Å². The Bertz CT molecular complexity index is 1850. The van der Waals surface area contributed by atoms with Gasteiger partial charge in [0.05, 0.1) is 11.7 Å². The molecule has 3 unspecified atom stereocenters. The molecule has 40 heavy (non-hydrogen) atoms. The fourth-order valence-electron chi connectivity index (χ4n) is 6.53. The van der Waals surface area contributed by atoms with Crippen LogP contribution in [0.4, 0.5) is 10.1 Å². The van der Waals surface area contributed by atoms with Crippen LogP contribution in [0, 0.1) is 11.9 Å². The van der Waals surface area contributed by atoms with Gasteiger partial charge in [0.15, 0.2) is 0 Å². The second-order valence-corrected chi connectivity index (χ2v) is 11.4. The number of hydrogen-bond donors (Lipinski definition) is 2. The Hall–Kier alpha value is -4.31. The van der Waals surface area contributed by atoms with E-state index in [0.717, 1.165) is 63.8 Å². The Balaban J connectivity index is 1.18. The van der Waals surface area contributed by atoms with Gasteiger partial charge in [0.2, 0.25) is 5.95 Å². The summed E-state index contributed by atoms with van der Waals surface area (Å²) in [4.78, 5) is 21.2. The molecule has 3 atom stereocenters. The summed E-state index contributed by atoms with van der Waals surface area (Å²) in [5.74, 6) is 0.402. The quantitative estimate of drug-likeness (QED) is 0.358. The summed E-state index contributed by atoms with van der Waals surface area (Å²) in [5.41, 5.74) is 7.37. The van der Waals surface area contributed by atoms with Gasteiger partial charge in [-0.25, -0.2) is 9.67 Å². The Labute approximate surface area is 233 Å². The molecule has 0 bridgehead atoms. The number of pyridine rings is 1. The van der Waals surface area contributed by atoms with Gasteiger partial charge in [-0.3, -0.25) is 4.79 Å². The minimum Gasteiger partial charge on any atom is -0.359 e. The Morgan fingerprint density at radius 1 is 1.10 bits per heavy atom. The maximum Gasteiger partial charge on any atom is 0.252 e. The number of imidazole rings is 1. The van der Waals surface area contributed by atoms with E-state index in [0.29, 0.717) is 24.2 Å². The highest BCUT2D eigenvalue weighted by Crippen LogP contribution is 2.60. The van der Waals surface area contributed by atoms with Gasteiger partial charge < -0.3 is 14.9 Å². The van der Waals surface area contributed by atoms with Crippen LogP contribution in [-0.2, 0) is 6.42 Å². The molecule has 8 rings (SSSR count). The number of aromatic amines is 1. The highest BCUT2D eigenvalue weighted by Gasteiger charge is 2.54. The monoisotopic (exact) mass is 554 g/mol. The van der Waals surface area contributed by atoms with Crippen molar-refractivity contribution in [1.29, 1.82) is 0 Å². The summed E-state index contributed by atoms with van der Waals surface area (Å²) in [5, 5.41) is 15.6. The number of aromatic nitrogens is 7. The third kappa shape index (κ3) is 3.62. The standard InChI is InChI=1S/C29H24ClFN8O/c1-14-2-3-15-8-16(4-6-22(15)33-14)26-28(31)35-29(34-26)27-21-12-20(21)24-9-17(10-25(40)39(24)27)19-11-18(30)5-7-23(19)38-13-32-36-37-38/h4,6,8-11,13,20-21,27,33H,1-3,5,7,12H2,(H,34,35). The minimum atomic E-state index is -0.489. The lowest BCUT2D eigenvalue weighted by molar-refractivity contribution is 0.504. The first kappa shape index (κ1) is 23.6. The third-order valence-electron chi connectivity index (χ3n) is 8.49. The van der Waals surface area contributed by atoms with Crippen molar-refractivity contribution in [2.75, 3.05) is 5.32 Å². The van der Waals surface area contributed by atoms with Gasteiger partial charge in [-0.1, -0.05) is 24.2 Å². The molecule has 4 aliphatic rings. The number of rotatable bonds is 4. The second-order valence-electron chi connectivity index (χ2n) is 10.9. The number of benzene rings is 1. The topological polar surface area (TPSA) is 106 Å². The SMILES string of the molecule is C=C1CCc2cc(-c3nc(C4C5CC5c5cc(C6=C(n7cnnn7)CCC(Cl)=C6)cc(=O)n54)[nH]c3F)ccc2N1. The molecule has 0 spiro atoms. The number of tetrazole rings is 1. The zero-order chi connectivity index (χ0) is 27.1. The minimum absolute atomic E-state index is 0.151. The third-order valence-corrected chi connectivity index (χ3v) is 8.79. The van der Waals surface area contributed by atoms with Crippen molar-refractivity contribution in [3.05, 3.63) is 99.0 Å². The van der Waals surface area contributed by atoms with Gasteiger partial charge in [-0.2, -0.15) is 4.39 Å². The number of anilines is 1. The van der Waals surface area contributed by atoms with Crippen LogP contribution < -0.4 is 10.9 Å². The average molecular weight is 555 g/mol. The molecule has 1 saturated carbocycles. The van der Waals surface area contributed by atoms with Crippen molar-refractivity contribution in [3.8, 4) is 11.3 Å². The van der Waals surface area contributed by atoms with Crippen LogP contribution in [0.5, 0.6) is 0 Å². The van der Waals surface area contributed by atoms with Crippen molar-refractivity contribution in [1.82, 2.24) is 34.7 Å². The molecule has 2 aliphatic carbocycles. The molecule has 9 nitrogen and oxygen atoms in total. The maximum atomic E-state index is 15.3. The molecule has 1 aromatic carbocycles. The lowest BCUT2D eigenvalue weighted by atomic mass is 9.96. The van der Waals surface area contributed by atoms with Gasteiger partial charge in [0.25, 0.3) is 5.56 Å². The highest BCUT2D eigenvalue weighted by molar-refractivity contribution is 6.30. The number of fused-ring (bicyclic) bond motifs is 4. The molecule has 3 aromatic heterocycles. The zero-order valence-electron chi connectivity index (χ0n) is 21.4. The summed E-state index contributed by atoms with van der Waals surface area (Å²) in [6.45, 7) is 4.01. The number of H-pyrrole nitrogens is 1. The van der Waals surface area contributed by atoms with Gasteiger partial charge in [-0.05, 0) is 83.9 Å². The lowest BCUT2D eigenvalue weighted by Gasteiger charge is -2.20. The van der Waals surface area contributed by atoms with E-state index in [4.69, 9.17) is 16.6 Å². The summed E-state index contributed by atoms with van der Waals surface area (Å²) in [6.07, 6.45) is 7.39. The first-order valence-corrected chi connectivity index (χ1v) is 13.8. The molecule has 2 aliphatic heterocycles. The molecule has 0 amide bonds. The van der Waals surface area contributed by atoms with Crippen molar-refractivity contribution < 1.29 is 4.39 Å². The average Bonchev–Trinajstić information content (AvgIpc) is 3.24. The molecule has 2 N–H and O–H groups in total. The molecular weight excluding hydrogens is 531 g/mol. The maximum absolute atomic E-state index is 15.3. The normalized spacial score (nSPS) is 22.9. The van der Waals surface area contributed by atoms with E-state index in [9.17, 15) is 4.79 Å². The van der Waals surface area contributed by atoms with E-state index >= 15 is 4.39 Å². The molecule has 1 fully saturated rings. The number of halogens is 2. The van der Waals surface area contributed by atoms with E-state index in [1.54, 1.807) is 21.6 Å². The molecule has 11 heteroatoms. The van der Waals surface area contributed by atoms with E-state index < -0.39 is 5.95 Å². The number of nitrogens with one attached hydrogen (secondary N) is 2. The van der Waals surface area contributed by atoms with Gasteiger partial charge in [0.1, 0.15) is 17.8 Å². The van der Waals surface area contributed by atoms with Crippen molar-refractivity contribution >= 4 is 28.6 Å². The van der Waals surface area contributed by atoms with Gasteiger partial charge in [0, 0.05) is 45.2 Å². The molecular formula is C29H24ClFN8O. The molecule has 4 aromatic rings. The van der Waals surface area contributed by atoms with Crippen molar-refractivity contribution in [2.24, 2.45) is 5.92 Å². The highest BCUT2D eigenvalue weighted by atomic mass is 35.5. The van der Waals surface area contributed by atoms with E-state index in [1.807, 2.05) is 24.3 Å². The van der Waals surface area contributed by atoms with Crippen LogP contribution in [0.25, 0.3) is 22.5 Å². The fraction of sp³-hybridized carbons (Fsp3) is 0.276. The van der Waals surface area contributed by atoms with Crippen LogP contribution >= 0.6 is 11.6 Å². The second kappa shape index (κ2) is 8.59. The van der Waals surface area contributed by atoms with E-state index in [-0.39, 0.29) is 29.1 Å². The number of aryl methyl sites for hydroxylation is 1. The van der Waals surface area contributed by atoms with Crippen LogP contribution in [0.2, 0.25) is 0 Å². The Morgan fingerprint density at radius 3 is 2.85 bits per heavy atom. The van der Waals surface area contributed by atoms with Crippen LogP contribution in [0.1, 0.15) is 60.3 Å². The largest absolute Gasteiger partial charge is 0.359 e. The summed E-state index contributed by atoms with van der Waals surface area (Å²) >= 11 is 6.43. The molecule has 0 saturated heterocycles. The van der Waals surface area contributed by atoms with E-state index in [2.05, 4.69) is 38.5 Å². The smallest absolute Gasteiger partial charge is 0.252 e. The number of hydrogen-bond acceptors (Lipinski definition) is 6. The Kier molecular flexibility index (Phi) is 5.06. The fourth-order valence-corrected chi connectivity index (χ4v) is 6.73. The summed E-state index contributed by atoms with van der Waals surface area (Å²) in [6, 6.07) is 9.14. The lowest BCUT2D eigenvalue weighted by Crippen LogP contribution is -2.26. The first-order valence-electron chi connectivity index (χ1n) is 13.4. The van der Waals surface area contributed by atoms with Crippen LogP contribution in [-0.4, -0.2) is 34.7 Å².